The van der Waals surface area contributed by atoms with Crippen LogP contribution < -0.4 is 5.32 Å². The van der Waals surface area contributed by atoms with Crippen LogP contribution in [-0.4, -0.2) is 19.9 Å². The van der Waals surface area contributed by atoms with Crippen molar-refractivity contribution >= 4 is 11.6 Å². The first kappa shape index (κ1) is 17.2. The van der Waals surface area contributed by atoms with E-state index in [1.54, 1.807) is 0 Å². The molecular weight excluding hydrogens is 296 g/mol. The lowest BCUT2D eigenvalue weighted by molar-refractivity contribution is 0.301. The Morgan fingerprint density at radius 1 is 1.12 bits per heavy atom. The molecule has 24 heavy (non-hydrogen) atoms. The molecule has 0 unspecified atom stereocenters. The van der Waals surface area contributed by atoms with Crippen molar-refractivity contribution in [1.82, 2.24) is 14.4 Å². The largest absolute Gasteiger partial charge is 0.365 e. The van der Waals surface area contributed by atoms with Gasteiger partial charge in [0, 0.05) is 23.9 Å². The van der Waals surface area contributed by atoms with Gasteiger partial charge in [-0.1, -0.05) is 40.0 Å². The van der Waals surface area contributed by atoms with E-state index in [1.165, 1.54) is 37.8 Å². The average molecular weight is 329 g/mol. The average Bonchev–Trinajstić information content (AvgIpc) is 2.84. The van der Waals surface area contributed by atoms with E-state index in [2.05, 4.69) is 55.5 Å². The van der Waals surface area contributed by atoms with E-state index < -0.39 is 0 Å². The first-order valence-corrected chi connectivity index (χ1v) is 9.36. The van der Waals surface area contributed by atoms with Gasteiger partial charge in [-0.15, -0.1) is 0 Å². The Morgan fingerprint density at radius 2 is 1.83 bits per heavy atom. The van der Waals surface area contributed by atoms with Gasteiger partial charge in [-0.25, -0.2) is 9.97 Å². The number of hydrogen-bond acceptors (Lipinski definition) is 3. The predicted octanol–water partition coefficient (Wildman–Crippen LogP) is 5.40. The van der Waals surface area contributed by atoms with E-state index in [4.69, 9.17) is 4.98 Å². The zero-order valence-electron chi connectivity index (χ0n) is 15.9. The summed E-state index contributed by atoms with van der Waals surface area (Å²) in [5.41, 5.74) is 1.50. The van der Waals surface area contributed by atoms with Crippen LogP contribution in [0.4, 0.5) is 5.82 Å². The summed E-state index contributed by atoms with van der Waals surface area (Å²) in [6.07, 6.45) is 11.5. The van der Waals surface area contributed by atoms with Crippen LogP contribution in [0.15, 0.2) is 18.5 Å². The molecule has 1 saturated carbocycles. The summed E-state index contributed by atoms with van der Waals surface area (Å²) in [6, 6.07) is 1.99. The van der Waals surface area contributed by atoms with Crippen molar-refractivity contribution in [1.29, 1.82) is 0 Å². The number of imidazole rings is 1. The van der Waals surface area contributed by atoms with Crippen molar-refractivity contribution < 1.29 is 0 Å². The number of hydrogen-bond donors (Lipinski definition) is 1. The molecular formula is C20H32N4. The molecule has 0 amide bonds. The van der Waals surface area contributed by atoms with Gasteiger partial charge < -0.3 is 5.32 Å². The summed E-state index contributed by atoms with van der Waals surface area (Å²) >= 11 is 0. The zero-order valence-corrected chi connectivity index (χ0v) is 15.9. The minimum Gasteiger partial charge on any atom is -0.365 e. The van der Waals surface area contributed by atoms with Crippen LogP contribution in [-0.2, 0) is 0 Å². The van der Waals surface area contributed by atoms with Crippen LogP contribution in [0.5, 0.6) is 0 Å². The van der Waals surface area contributed by atoms with Gasteiger partial charge in [0.1, 0.15) is 5.82 Å². The van der Waals surface area contributed by atoms with Crippen molar-refractivity contribution in [3.8, 4) is 0 Å². The van der Waals surface area contributed by atoms with Crippen molar-refractivity contribution in [2.45, 2.75) is 84.6 Å². The van der Waals surface area contributed by atoms with Crippen molar-refractivity contribution in [2.24, 2.45) is 5.41 Å². The van der Waals surface area contributed by atoms with Crippen LogP contribution in [0.1, 0.15) is 84.8 Å². The summed E-state index contributed by atoms with van der Waals surface area (Å²) < 4.78 is 2.13. The molecule has 2 aromatic heterocycles. The number of fused-ring (bicyclic) bond motifs is 1. The van der Waals surface area contributed by atoms with E-state index >= 15 is 0 Å². The van der Waals surface area contributed by atoms with Gasteiger partial charge in [-0.05, 0) is 44.6 Å². The normalized spacial score (nSPS) is 17.4. The lowest BCUT2D eigenvalue weighted by Gasteiger charge is -2.34. The second-order valence-corrected chi connectivity index (χ2v) is 9.22. The highest BCUT2D eigenvalue weighted by atomic mass is 15.2. The summed E-state index contributed by atoms with van der Waals surface area (Å²) in [5, 5.41) is 3.82. The number of nitrogens with zero attached hydrogens (tertiary/aromatic N) is 3. The van der Waals surface area contributed by atoms with Gasteiger partial charge in [0.25, 0.3) is 0 Å². The molecule has 1 aliphatic rings. The van der Waals surface area contributed by atoms with Crippen molar-refractivity contribution in [3.05, 3.63) is 24.2 Å². The number of aromatic nitrogens is 3. The van der Waals surface area contributed by atoms with E-state index in [9.17, 15) is 0 Å². The maximum atomic E-state index is 4.91. The molecule has 4 heteroatoms. The lowest BCUT2D eigenvalue weighted by atomic mass is 9.81. The molecule has 4 nitrogen and oxygen atoms in total. The summed E-state index contributed by atoms with van der Waals surface area (Å²) in [7, 11) is 0. The Kier molecular flexibility index (Phi) is 4.58. The smallest absolute Gasteiger partial charge is 0.235 e. The third-order valence-corrected chi connectivity index (χ3v) is 4.85. The Labute approximate surface area is 146 Å². The molecule has 0 aliphatic heterocycles. The molecule has 0 spiro atoms. The highest BCUT2D eigenvalue weighted by Gasteiger charge is 2.30. The SMILES string of the molecule is CC(C)(C)CC(C)(C)Nc1c(C2CCCCC2)nc2ncccn12. The zero-order chi connectivity index (χ0) is 17.4. The molecule has 0 radical (unpaired) electrons. The van der Waals surface area contributed by atoms with Gasteiger partial charge in [0.15, 0.2) is 0 Å². The monoisotopic (exact) mass is 328 g/mol. The van der Waals surface area contributed by atoms with Crippen molar-refractivity contribution in [2.75, 3.05) is 5.32 Å². The van der Waals surface area contributed by atoms with Crippen LogP contribution in [0.3, 0.4) is 0 Å². The number of nitrogens with one attached hydrogen (secondary N) is 1. The third kappa shape index (κ3) is 3.90. The summed E-state index contributed by atoms with van der Waals surface area (Å²) in [4.78, 5) is 9.38. The molecule has 1 aliphatic carbocycles. The standard InChI is InChI=1S/C20H32N4/c1-19(2,3)14-20(4,5)23-17-16(15-10-7-6-8-11-15)22-18-21-12-9-13-24(17)18/h9,12-13,15,23H,6-8,10-11,14H2,1-5H3. The van der Waals surface area contributed by atoms with Crippen LogP contribution in [0.25, 0.3) is 5.78 Å². The summed E-state index contributed by atoms with van der Waals surface area (Å²) in [5.74, 6) is 2.53. The number of rotatable bonds is 4. The lowest BCUT2D eigenvalue weighted by Crippen LogP contribution is -2.36. The molecule has 2 heterocycles. The van der Waals surface area contributed by atoms with E-state index in [-0.39, 0.29) is 11.0 Å². The van der Waals surface area contributed by atoms with Gasteiger partial charge in [-0.2, -0.15) is 0 Å². The fourth-order valence-electron chi connectivity index (χ4n) is 4.38. The van der Waals surface area contributed by atoms with E-state index in [0.717, 1.165) is 18.0 Å². The fraction of sp³-hybridized carbons (Fsp3) is 0.700. The Bertz CT molecular complexity index is 687. The van der Waals surface area contributed by atoms with Gasteiger partial charge >= 0.3 is 0 Å². The fourth-order valence-corrected chi connectivity index (χ4v) is 4.38. The molecule has 0 saturated heterocycles. The molecule has 2 aromatic rings. The Balaban J connectivity index is 1.98. The van der Waals surface area contributed by atoms with Gasteiger partial charge in [-0.3, -0.25) is 4.40 Å². The van der Waals surface area contributed by atoms with Crippen LogP contribution in [0, 0.1) is 5.41 Å². The minimum absolute atomic E-state index is 0.00741. The van der Waals surface area contributed by atoms with E-state index in [0.29, 0.717) is 5.92 Å². The first-order chi connectivity index (χ1) is 11.3. The molecule has 0 aromatic carbocycles. The van der Waals surface area contributed by atoms with Gasteiger partial charge in [0.05, 0.1) is 5.69 Å². The molecule has 3 rings (SSSR count). The topological polar surface area (TPSA) is 42.2 Å². The highest BCUT2D eigenvalue weighted by Crippen LogP contribution is 2.38. The maximum Gasteiger partial charge on any atom is 0.235 e. The second-order valence-electron chi connectivity index (χ2n) is 9.22. The Hall–Kier alpha value is -1.58. The van der Waals surface area contributed by atoms with E-state index in [1.807, 2.05) is 12.3 Å². The predicted molar refractivity (Wildman–Crippen MR) is 101 cm³/mol. The minimum atomic E-state index is 0.00741. The number of anilines is 1. The second kappa shape index (κ2) is 6.38. The molecule has 0 atom stereocenters. The quantitative estimate of drug-likeness (QED) is 0.816. The molecule has 0 bridgehead atoms. The summed E-state index contributed by atoms with van der Waals surface area (Å²) in [6.45, 7) is 11.5. The molecule has 1 N–H and O–H groups in total. The first-order valence-electron chi connectivity index (χ1n) is 9.36. The van der Waals surface area contributed by atoms with Gasteiger partial charge in [0.2, 0.25) is 5.78 Å². The van der Waals surface area contributed by atoms with Crippen LogP contribution >= 0.6 is 0 Å². The molecule has 1 fully saturated rings. The van der Waals surface area contributed by atoms with Crippen LogP contribution in [0.2, 0.25) is 0 Å². The van der Waals surface area contributed by atoms with Crippen molar-refractivity contribution in [3.63, 3.8) is 0 Å². The highest BCUT2D eigenvalue weighted by molar-refractivity contribution is 5.54. The Morgan fingerprint density at radius 3 is 2.50 bits per heavy atom. The maximum absolute atomic E-state index is 4.91. The molecule has 132 valence electrons. The third-order valence-electron chi connectivity index (χ3n) is 4.85.